The van der Waals surface area contributed by atoms with Crippen molar-refractivity contribution < 1.29 is 9.90 Å². The Balaban J connectivity index is 3.32. The Bertz CT molecular complexity index is 321. The molecule has 0 bridgehead atoms. The van der Waals surface area contributed by atoms with E-state index in [1.54, 1.807) is 19.9 Å². The molecule has 1 N–H and O–H groups in total. The van der Waals surface area contributed by atoms with Crippen LogP contribution in [0.5, 0.6) is 0 Å². The number of aliphatic hydroxyl groups is 1. The number of hydrogen-bond acceptors (Lipinski definition) is 2. The van der Waals surface area contributed by atoms with Crippen LogP contribution >= 0.6 is 0 Å². The molecule has 1 aromatic carbocycles. The summed E-state index contributed by atoms with van der Waals surface area (Å²) in [5.41, 5.74) is 1.32. The SMILES string of the molecule is Cc1ccc(C=O)c(C(C)(C)O)c1. The average molecular weight is 178 g/mol. The highest BCUT2D eigenvalue weighted by atomic mass is 16.3. The Kier molecular flexibility index (Phi) is 2.52. The predicted octanol–water partition coefficient (Wildman–Crippen LogP) is 2.03. The lowest BCUT2D eigenvalue weighted by molar-refractivity contribution is 0.0767. The van der Waals surface area contributed by atoms with Gasteiger partial charge in [0.25, 0.3) is 0 Å². The summed E-state index contributed by atoms with van der Waals surface area (Å²) in [4.78, 5) is 10.7. The van der Waals surface area contributed by atoms with E-state index in [1.807, 2.05) is 19.1 Å². The molecule has 0 aromatic heterocycles. The van der Waals surface area contributed by atoms with Gasteiger partial charge in [-0.25, -0.2) is 0 Å². The molecule has 0 aliphatic heterocycles. The summed E-state index contributed by atoms with van der Waals surface area (Å²) in [5.74, 6) is 0. The van der Waals surface area contributed by atoms with E-state index >= 15 is 0 Å². The molecule has 0 saturated heterocycles. The highest BCUT2D eigenvalue weighted by Gasteiger charge is 2.19. The van der Waals surface area contributed by atoms with Crippen LogP contribution in [0.15, 0.2) is 18.2 Å². The summed E-state index contributed by atoms with van der Waals surface area (Å²) < 4.78 is 0. The summed E-state index contributed by atoms with van der Waals surface area (Å²) in [6, 6.07) is 5.43. The third kappa shape index (κ3) is 2.16. The van der Waals surface area contributed by atoms with E-state index in [2.05, 4.69) is 0 Å². The Hall–Kier alpha value is -1.15. The van der Waals surface area contributed by atoms with Gasteiger partial charge in [0.1, 0.15) is 6.29 Å². The van der Waals surface area contributed by atoms with Crippen molar-refractivity contribution in [1.29, 1.82) is 0 Å². The lowest BCUT2D eigenvalue weighted by Crippen LogP contribution is -2.18. The van der Waals surface area contributed by atoms with Gasteiger partial charge in [0.2, 0.25) is 0 Å². The Labute approximate surface area is 78.2 Å². The normalized spacial score (nSPS) is 11.4. The first-order valence-corrected chi connectivity index (χ1v) is 4.24. The third-order valence-electron chi connectivity index (χ3n) is 1.99. The molecule has 2 heteroatoms. The van der Waals surface area contributed by atoms with E-state index in [4.69, 9.17) is 0 Å². The molecule has 0 saturated carbocycles. The molecular formula is C11H14O2. The van der Waals surface area contributed by atoms with Crippen LogP contribution < -0.4 is 0 Å². The number of hydrogen-bond donors (Lipinski definition) is 1. The van der Waals surface area contributed by atoms with Gasteiger partial charge in [0.05, 0.1) is 5.60 Å². The molecule has 0 aliphatic rings. The van der Waals surface area contributed by atoms with Crippen LogP contribution in [-0.2, 0) is 5.60 Å². The highest BCUT2D eigenvalue weighted by Crippen LogP contribution is 2.23. The number of carbonyl (C=O) groups is 1. The van der Waals surface area contributed by atoms with Gasteiger partial charge in [-0.3, -0.25) is 4.79 Å². The molecule has 0 atom stereocenters. The molecule has 2 nitrogen and oxygen atoms in total. The highest BCUT2D eigenvalue weighted by molar-refractivity contribution is 5.78. The lowest BCUT2D eigenvalue weighted by Gasteiger charge is -2.20. The fourth-order valence-electron chi connectivity index (χ4n) is 1.30. The molecule has 0 radical (unpaired) electrons. The monoisotopic (exact) mass is 178 g/mol. The molecule has 0 amide bonds. The van der Waals surface area contributed by atoms with Crippen LogP contribution in [0.2, 0.25) is 0 Å². The predicted molar refractivity (Wildman–Crippen MR) is 51.8 cm³/mol. The second-order valence-corrected chi connectivity index (χ2v) is 3.77. The number of aldehydes is 1. The molecule has 1 rings (SSSR count). The van der Waals surface area contributed by atoms with E-state index in [9.17, 15) is 9.90 Å². The topological polar surface area (TPSA) is 37.3 Å². The summed E-state index contributed by atoms with van der Waals surface area (Å²) in [5, 5.41) is 9.77. The van der Waals surface area contributed by atoms with Crippen molar-refractivity contribution in [2.75, 3.05) is 0 Å². The fourth-order valence-corrected chi connectivity index (χ4v) is 1.30. The van der Waals surface area contributed by atoms with E-state index in [-0.39, 0.29) is 0 Å². The summed E-state index contributed by atoms with van der Waals surface area (Å²) in [7, 11) is 0. The third-order valence-corrected chi connectivity index (χ3v) is 1.99. The van der Waals surface area contributed by atoms with Gasteiger partial charge in [-0.15, -0.1) is 0 Å². The maximum absolute atomic E-state index is 10.7. The first kappa shape index (κ1) is 9.93. The van der Waals surface area contributed by atoms with Gasteiger partial charge >= 0.3 is 0 Å². The van der Waals surface area contributed by atoms with Crippen LogP contribution in [0.1, 0.15) is 35.3 Å². The van der Waals surface area contributed by atoms with Crippen LogP contribution in [0.25, 0.3) is 0 Å². The minimum atomic E-state index is -0.956. The maximum atomic E-state index is 10.7. The van der Waals surface area contributed by atoms with Crippen LogP contribution in [0.4, 0.5) is 0 Å². The standard InChI is InChI=1S/C11H14O2/c1-8-4-5-9(7-12)10(6-8)11(2,3)13/h4-7,13H,1-3H3. The molecule has 0 spiro atoms. The lowest BCUT2D eigenvalue weighted by atomic mass is 9.92. The molecule has 0 fully saturated rings. The Morgan fingerprint density at radius 1 is 1.38 bits per heavy atom. The first-order valence-electron chi connectivity index (χ1n) is 4.24. The average Bonchev–Trinajstić information content (AvgIpc) is 2.03. The largest absolute Gasteiger partial charge is 0.386 e. The maximum Gasteiger partial charge on any atom is 0.150 e. The Morgan fingerprint density at radius 2 is 2.00 bits per heavy atom. The van der Waals surface area contributed by atoms with Crippen molar-refractivity contribution in [3.05, 3.63) is 34.9 Å². The smallest absolute Gasteiger partial charge is 0.150 e. The Morgan fingerprint density at radius 3 is 2.46 bits per heavy atom. The van der Waals surface area contributed by atoms with Crippen LogP contribution in [0, 0.1) is 6.92 Å². The van der Waals surface area contributed by atoms with E-state index < -0.39 is 5.60 Å². The molecule has 0 unspecified atom stereocenters. The van der Waals surface area contributed by atoms with Crippen molar-refractivity contribution in [2.45, 2.75) is 26.4 Å². The van der Waals surface area contributed by atoms with Gasteiger partial charge in [-0.05, 0) is 26.3 Å². The zero-order valence-corrected chi connectivity index (χ0v) is 8.16. The molecule has 0 aliphatic carbocycles. The van der Waals surface area contributed by atoms with Gasteiger partial charge in [0, 0.05) is 5.56 Å². The minimum absolute atomic E-state index is 0.554. The zero-order valence-electron chi connectivity index (χ0n) is 8.16. The summed E-state index contributed by atoms with van der Waals surface area (Å²) in [6.07, 6.45) is 0.771. The molecule has 0 heterocycles. The van der Waals surface area contributed by atoms with Crippen molar-refractivity contribution in [3.63, 3.8) is 0 Å². The first-order chi connectivity index (χ1) is 5.95. The summed E-state index contributed by atoms with van der Waals surface area (Å²) >= 11 is 0. The van der Waals surface area contributed by atoms with Gasteiger partial charge in [0.15, 0.2) is 0 Å². The number of carbonyl (C=O) groups excluding carboxylic acids is 1. The van der Waals surface area contributed by atoms with Gasteiger partial charge in [-0.2, -0.15) is 0 Å². The van der Waals surface area contributed by atoms with E-state index in [0.717, 1.165) is 11.8 Å². The van der Waals surface area contributed by atoms with Crippen molar-refractivity contribution in [3.8, 4) is 0 Å². The molecule has 70 valence electrons. The summed E-state index contributed by atoms with van der Waals surface area (Å²) in [6.45, 7) is 5.29. The quantitative estimate of drug-likeness (QED) is 0.703. The molecular weight excluding hydrogens is 164 g/mol. The van der Waals surface area contributed by atoms with Crippen molar-refractivity contribution in [2.24, 2.45) is 0 Å². The van der Waals surface area contributed by atoms with E-state index in [0.29, 0.717) is 11.1 Å². The van der Waals surface area contributed by atoms with Gasteiger partial charge < -0.3 is 5.11 Å². The minimum Gasteiger partial charge on any atom is -0.386 e. The number of benzene rings is 1. The molecule has 13 heavy (non-hydrogen) atoms. The number of rotatable bonds is 2. The zero-order chi connectivity index (χ0) is 10.1. The second-order valence-electron chi connectivity index (χ2n) is 3.77. The van der Waals surface area contributed by atoms with Crippen LogP contribution in [-0.4, -0.2) is 11.4 Å². The van der Waals surface area contributed by atoms with Crippen molar-refractivity contribution >= 4 is 6.29 Å². The molecule has 1 aromatic rings. The number of aryl methyl sites for hydroxylation is 1. The van der Waals surface area contributed by atoms with E-state index in [1.165, 1.54) is 0 Å². The van der Waals surface area contributed by atoms with Crippen LogP contribution in [0.3, 0.4) is 0 Å². The van der Waals surface area contributed by atoms with Crippen molar-refractivity contribution in [1.82, 2.24) is 0 Å². The second kappa shape index (κ2) is 3.30. The van der Waals surface area contributed by atoms with Gasteiger partial charge in [-0.1, -0.05) is 23.8 Å². The fraction of sp³-hybridized carbons (Fsp3) is 0.364.